The summed E-state index contributed by atoms with van der Waals surface area (Å²) in [5.74, 6) is -1.43. The van der Waals surface area contributed by atoms with Crippen LogP contribution in [0.3, 0.4) is 0 Å². The van der Waals surface area contributed by atoms with Gasteiger partial charge in [0.15, 0.2) is 0 Å². The molecule has 0 aliphatic heterocycles. The molecule has 2 heterocycles. The zero-order valence-electron chi connectivity index (χ0n) is 15.3. The largest absolute Gasteiger partial charge is 0.480 e. The normalized spacial score (nSPS) is 17.2. The first-order chi connectivity index (χ1) is 12.3. The van der Waals surface area contributed by atoms with E-state index in [2.05, 4.69) is 20.7 Å². The van der Waals surface area contributed by atoms with Crippen LogP contribution in [0.5, 0.6) is 0 Å². The fourth-order valence-corrected chi connectivity index (χ4v) is 3.66. The molecular weight excluding hydrogens is 336 g/mol. The fourth-order valence-electron chi connectivity index (χ4n) is 3.66. The molecule has 0 aromatic carbocycles. The smallest absolute Gasteiger partial charge is 0.329 e. The van der Waals surface area contributed by atoms with Crippen molar-refractivity contribution >= 4 is 11.9 Å². The van der Waals surface area contributed by atoms with Gasteiger partial charge in [-0.25, -0.2) is 9.48 Å². The van der Waals surface area contributed by atoms with Gasteiger partial charge in [0.25, 0.3) is 0 Å². The number of carbonyl (C=O) groups excluding carboxylic acids is 1. The van der Waals surface area contributed by atoms with Crippen LogP contribution in [-0.4, -0.2) is 47.3 Å². The lowest BCUT2D eigenvalue weighted by atomic mass is 9.84. The monoisotopic (exact) mass is 360 g/mol. The number of hydrogen-bond donors (Lipinski definition) is 2. The van der Waals surface area contributed by atoms with E-state index in [1.165, 1.54) is 4.68 Å². The number of hydrogen-bond acceptors (Lipinski definition) is 5. The van der Waals surface area contributed by atoms with Gasteiger partial charge >= 0.3 is 5.97 Å². The van der Waals surface area contributed by atoms with Crippen molar-refractivity contribution in [1.29, 1.82) is 0 Å². The molecule has 1 aliphatic carbocycles. The summed E-state index contributed by atoms with van der Waals surface area (Å²) in [5.41, 5.74) is 1.04. The SMILES string of the molecule is Cc1nn(C)cc1-c1cn(CC(=O)NC(C)(C(=O)O)C2CCCC2)nn1. The van der Waals surface area contributed by atoms with E-state index in [0.29, 0.717) is 5.69 Å². The van der Waals surface area contributed by atoms with E-state index in [1.54, 1.807) is 17.8 Å². The molecule has 9 nitrogen and oxygen atoms in total. The van der Waals surface area contributed by atoms with E-state index in [4.69, 9.17) is 0 Å². The summed E-state index contributed by atoms with van der Waals surface area (Å²) in [6.45, 7) is 3.39. The van der Waals surface area contributed by atoms with E-state index >= 15 is 0 Å². The Morgan fingerprint density at radius 3 is 2.62 bits per heavy atom. The summed E-state index contributed by atoms with van der Waals surface area (Å²) in [4.78, 5) is 24.2. The van der Waals surface area contributed by atoms with Crippen LogP contribution < -0.4 is 5.32 Å². The first kappa shape index (κ1) is 18.1. The van der Waals surface area contributed by atoms with Gasteiger partial charge in [0.2, 0.25) is 5.91 Å². The predicted molar refractivity (Wildman–Crippen MR) is 93.1 cm³/mol. The zero-order valence-corrected chi connectivity index (χ0v) is 15.3. The molecule has 1 aliphatic rings. The van der Waals surface area contributed by atoms with Crippen LogP contribution in [-0.2, 0) is 23.2 Å². The van der Waals surface area contributed by atoms with Gasteiger partial charge in [0.1, 0.15) is 17.8 Å². The maximum atomic E-state index is 12.4. The number of carboxylic acid groups (broad SMARTS) is 1. The van der Waals surface area contributed by atoms with Crippen molar-refractivity contribution in [3.8, 4) is 11.3 Å². The van der Waals surface area contributed by atoms with Crippen LogP contribution in [0.15, 0.2) is 12.4 Å². The summed E-state index contributed by atoms with van der Waals surface area (Å²) < 4.78 is 3.10. The second kappa shape index (κ2) is 6.89. The molecule has 26 heavy (non-hydrogen) atoms. The minimum Gasteiger partial charge on any atom is -0.480 e. The number of nitrogens with zero attached hydrogens (tertiary/aromatic N) is 5. The van der Waals surface area contributed by atoms with Crippen LogP contribution in [0.2, 0.25) is 0 Å². The van der Waals surface area contributed by atoms with Crippen molar-refractivity contribution in [2.24, 2.45) is 13.0 Å². The molecular formula is C17H24N6O3. The summed E-state index contributed by atoms with van der Waals surface area (Å²) in [6.07, 6.45) is 7.14. The molecule has 3 rings (SSSR count). The summed E-state index contributed by atoms with van der Waals surface area (Å²) >= 11 is 0. The molecule has 0 radical (unpaired) electrons. The molecule has 1 atom stereocenters. The Morgan fingerprint density at radius 2 is 2.04 bits per heavy atom. The number of amides is 1. The van der Waals surface area contributed by atoms with Crippen LogP contribution >= 0.6 is 0 Å². The third-order valence-electron chi connectivity index (χ3n) is 5.15. The van der Waals surface area contributed by atoms with E-state index < -0.39 is 11.5 Å². The lowest BCUT2D eigenvalue weighted by molar-refractivity contribution is -0.149. The number of aryl methyl sites for hydroxylation is 2. The van der Waals surface area contributed by atoms with Gasteiger partial charge in [-0.3, -0.25) is 9.48 Å². The zero-order chi connectivity index (χ0) is 18.9. The van der Waals surface area contributed by atoms with Gasteiger partial charge in [-0.2, -0.15) is 5.10 Å². The van der Waals surface area contributed by atoms with Crippen LogP contribution in [0.25, 0.3) is 11.3 Å². The Morgan fingerprint density at radius 1 is 1.35 bits per heavy atom. The molecule has 2 aromatic rings. The van der Waals surface area contributed by atoms with Crippen molar-refractivity contribution in [2.45, 2.75) is 51.6 Å². The minimum atomic E-state index is -1.25. The highest BCUT2D eigenvalue weighted by Gasteiger charge is 2.43. The summed E-state index contributed by atoms with van der Waals surface area (Å²) in [7, 11) is 1.82. The molecule has 1 saturated carbocycles. The van der Waals surface area contributed by atoms with E-state index in [1.807, 2.05) is 20.2 Å². The van der Waals surface area contributed by atoms with Gasteiger partial charge in [-0.15, -0.1) is 5.10 Å². The maximum Gasteiger partial charge on any atom is 0.329 e. The molecule has 9 heteroatoms. The van der Waals surface area contributed by atoms with Crippen molar-refractivity contribution in [3.05, 3.63) is 18.1 Å². The van der Waals surface area contributed by atoms with Crippen LogP contribution in [0.4, 0.5) is 0 Å². The van der Waals surface area contributed by atoms with Crippen molar-refractivity contribution in [2.75, 3.05) is 0 Å². The maximum absolute atomic E-state index is 12.4. The van der Waals surface area contributed by atoms with Gasteiger partial charge in [0.05, 0.1) is 11.9 Å². The third-order valence-corrected chi connectivity index (χ3v) is 5.15. The molecule has 1 amide bonds. The average Bonchev–Trinajstić information content (AvgIpc) is 3.28. The molecule has 2 N–H and O–H groups in total. The Kier molecular flexibility index (Phi) is 4.80. The van der Waals surface area contributed by atoms with Gasteiger partial charge in [-0.05, 0) is 32.6 Å². The van der Waals surface area contributed by atoms with Crippen molar-refractivity contribution in [1.82, 2.24) is 30.1 Å². The highest BCUT2D eigenvalue weighted by atomic mass is 16.4. The second-order valence-corrected chi connectivity index (χ2v) is 7.14. The number of nitrogens with one attached hydrogen (secondary N) is 1. The molecule has 1 unspecified atom stereocenters. The van der Waals surface area contributed by atoms with Crippen LogP contribution in [0, 0.1) is 12.8 Å². The lowest BCUT2D eigenvalue weighted by Crippen LogP contribution is -2.57. The van der Waals surface area contributed by atoms with E-state index in [0.717, 1.165) is 36.9 Å². The Bertz CT molecular complexity index is 820. The van der Waals surface area contributed by atoms with E-state index in [9.17, 15) is 14.7 Å². The molecule has 0 bridgehead atoms. The summed E-state index contributed by atoms with van der Waals surface area (Å²) in [6, 6.07) is 0. The van der Waals surface area contributed by atoms with Crippen molar-refractivity contribution < 1.29 is 14.7 Å². The summed E-state index contributed by atoms with van der Waals surface area (Å²) in [5, 5.41) is 24.7. The molecule has 140 valence electrons. The number of aliphatic carboxylic acids is 1. The topological polar surface area (TPSA) is 115 Å². The van der Waals surface area contributed by atoms with Crippen LogP contribution in [0.1, 0.15) is 38.3 Å². The first-order valence-corrected chi connectivity index (χ1v) is 8.74. The number of carboxylic acids is 1. The van der Waals surface area contributed by atoms with E-state index in [-0.39, 0.29) is 18.4 Å². The highest BCUT2D eigenvalue weighted by molar-refractivity contribution is 5.87. The Balaban J connectivity index is 1.70. The van der Waals surface area contributed by atoms with Gasteiger partial charge < -0.3 is 10.4 Å². The second-order valence-electron chi connectivity index (χ2n) is 7.14. The molecule has 1 fully saturated rings. The number of rotatable bonds is 6. The number of carbonyl (C=O) groups is 2. The predicted octanol–water partition coefficient (Wildman–Crippen LogP) is 1.14. The highest BCUT2D eigenvalue weighted by Crippen LogP contribution is 2.34. The quantitative estimate of drug-likeness (QED) is 0.798. The van der Waals surface area contributed by atoms with Gasteiger partial charge in [-0.1, -0.05) is 18.1 Å². The lowest BCUT2D eigenvalue weighted by Gasteiger charge is -2.32. The minimum absolute atomic E-state index is 0.0479. The fraction of sp³-hybridized carbons (Fsp3) is 0.588. The molecule has 2 aromatic heterocycles. The van der Waals surface area contributed by atoms with Gasteiger partial charge in [0, 0.05) is 18.8 Å². The number of aromatic nitrogens is 5. The standard InChI is InChI=1S/C17H24N6O3/c1-11-13(8-22(3)20-11)14-9-23(21-19-14)10-15(24)18-17(2,16(25)26)12-6-4-5-7-12/h8-9,12H,4-7,10H2,1-3H3,(H,18,24)(H,25,26). The molecule has 0 saturated heterocycles. The Hall–Kier alpha value is -2.71. The third kappa shape index (κ3) is 3.47. The molecule has 0 spiro atoms. The van der Waals surface area contributed by atoms with Crippen molar-refractivity contribution in [3.63, 3.8) is 0 Å². The Labute approximate surface area is 151 Å². The first-order valence-electron chi connectivity index (χ1n) is 8.74. The average molecular weight is 360 g/mol.